The number of aromatic nitrogens is 4. The highest BCUT2D eigenvalue weighted by Gasteiger charge is 2.23. The normalized spacial score (nSPS) is 15.2. The number of nitrogens with zero attached hydrogens (tertiary/aromatic N) is 4. The van der Waals surface area contributed by atoms with E-state index in [1.807, 2.05) is 20.8 Å². The van der Waals surface area contributed by atoms with Crippen LogP contribution >= 0.6 is 0 Å². The molecule has 1 unspecified atom stereocenters. The van der Waals surface area contributed by atoms with Gasteiger partial charge in [-0.3, -0.25) is 9.78 Å². The Morgan fingerprint density at radius 2 is 2.07 bits per heavy atom. The maximum absolute atomic E-state index is 12.4. The van der Waals surface area contributed by atoms with Gasteiger partial charge in [-0.1, -0.05) is 18.2 Å². The Bertz CT molecular complexity index is 1030. The molecule has 2 N–H and O–H groups in total. The van der Waals surface area contributed by atoms with E-state index in [0.29, 0.717) is 23.5 Å². The van der Waals surface area contributed by atoms with Gasteiger partial charge >= 0.3 is 0 Å². The lowest BCUT2D eigenvalue weighted by Gasteiger charge is -2.27. The van der Waals surface area contributed by atoms with Crippen molar-refractivity contribution in [3.63, 3.8) is 0 Å². The summed E-state index contributed by atoms with van der Waals surface area (Å²) in [6.07, 6.45) is 2.66. The van der Waals surface area contributed by atoms with E-state index in [1.165, 1.54) is 11.3 Å². The first kappa shape index (κ1) is 17.6. The minimum absolute atomic E-state index is 0.169. The largest absolute Gasteiger partial charge is 0.366 e. The van der Waals surface area contributed by atoms with Crippen LogP contribution in [0.2, 0.25) is 0 Å². The van der Waals surface area contributed by atoms with Gasteiger partial charge in [-0.2, -0.15) is 10.1 Å². The van der Waals surface area contributed by atoms with Crippen LogP contribution in [0.1, 0.15) is 33.3 Å². The van der Waals surface area contributed by atoms with Crippen LogP contribution in [0.15, 0.2) is 35.3 Å². The van der Waals surface area contributed by atoms with Gasteiger partial charge in [0.15, 0.2) is 5.65 Å². The molecule has 1 aliphatic rings. The van der Waals surface area contributed by atoms with Crippen LogP contribution in [-0.2, 0) is 12.0 Å². The molecule has 0 radical (unpaired) electrons. The molecule has 2 aromatic heterocycles. The summed E-state index contributed by atoms with van der Waals surface area (Å²) in [5.41, 5.74) is 2.89. The van der Waals surface area contributed by atoms with Crippen molar-refractivity contribution in [2.24, 2.45) is 0 Å². The lowest BCUT2D eigenvalue weighted by atomic mass is 10.1. The number of anilines is 2. The van der Waals surface area contributed by atoms with E-state index in [0.717, 1.165) is 13.0 Å². The number of H-pyrrole nitrogens is 1. The zero-order chi connectivity index (χ0) is 19.2. The Kier molecular flexibility index (Phi) is 4.17. The molecule has 1 atom stereocenters. The van der Waals surface area contributed by atoms with Crippen LogP contribution in [-0.4, -0.2) is 38.9 Å². The third kappa shape index (κ3) is 3.18. The summed E-state index contributed by atoms with van der Waals surface area (Å²) >= 11 is 0. The maximum atomic E-state index is 12.4. The van der Waals surface area contributed by atoms with Gasteiger partial charge in [-0.15, -0.1) is 0 Å². The highest BCUT2D eigenvalue weighted by Crippen LogP contribution is 2.29. The Morgan fingerprint density at radius 3 is 2.85 bits per heavy atom. The van der Waals surface area contributed by atoms with E-state index in [1.54, 1.807) is 10.9 Å². The van der Waals surface area contributed by atoms with E-state index in [2.05, 4.69) is 56.5 Å². The van der Waals surface area contributed by atoms with Gasteiger partial charge in [-0.05, 0) is 45.7 Å². The maximum Gasteiger partial charge on any atom is 0.263 e. The predicted molar refractivity (Wildman–Crippen MR) is 109 cm³/mol. The van der Waals surface area contributed by atoms with Crippen molar-refractivity contribution < 1.29 is 0 Å². The van der Waals surface area contributed by atoms with Crippen molar-refractivity contribution in [2.45, 2.75) is 45.7 Å². The molecule has 0 spiro atoms. The number of rotatable bonds is 4. The summed E-state index contributed by atoms with van der Waals surface area (Å²) in [7, 11) is 0. The Balaban J connectivity index is 1.55. The fraction of sp³-hybridized carbons (Fsp3) is 0.450. The average Bonchev–Trinajstić information content (AvgIpc) is 3.23. The molecule has 1 aliphatic heterocycles. The van der Waals surface area contributed by atoms with Gasteiger partial charge in [0.25, 0.3) is 5.56 Å². The van der Waals surface area contributed by atoms with Crippen molar-refractivity contribution in [1.29, 1.82) is 0 Å². The minimum atomic E-state index is -0.244. The molecule has 3 heterocycles. The second kappa shape index (κ2) is 6.40. The number of fused-ring (bicyclic) bond motifs is 2. The van der Waals surface area contributed by atoms with Gasteiger partial charge in [-0.25, -0.2) is 4.68 Å². The smallest absolute Gasteiger partial charge is 0.263 e. The van der Waals surface area contributed by atoms with E-state index < -0.39 is 0 Å². The fourth-order valence-electron chi connectivity index (χ4n) is 3.67. The van der Waals surface area contributed by atoms with Crippen LogP contribution in [0.4, 0.5) is 11.6 Å². The highest BCUT2D eigenvalue weighted by atomic mass is 16.1. The summed E-state index contributed by atoms with van der Waals surface area (Å²) in [5.74, 6) is 0.484. The zero-order valence-corrected chi connectivity index (χ0v) is 16.3. The van der Waals surface area contributed by atoms with Crippen molar-refractivity contribution >= 4 is 22.7 Å². The first-order valence-electron chi connectivity index (χ1n) is 9.41. The Hall–Kier alpha value is -2.83. The second-order valence-corrected chi connectivity index (χ2v) is 8.18. The van der Waals surface area contributed by atoms with Gasteiger partial charge in [0.2, 0.25) is 5.95 Å². The lowest BCUT2D eigenvalue weighted by molar-refractivity contribution is 0.366. The standard InChI is InChI=1S/C20H26N6O/c1-13(25-10-9-14-7-5-6-8-16(14)25)11-21-19-23-17-15(18(27)24-19)12-22-26(17)20(2,3)4/h5-8,12-13H,9-11H2,1-4H3,(H2,21,23,24,27). The molecule has 0 fully saturated rings. The minimum Gasteiger partial charge on any atom is -0.366 e. The van der Waals surface area contributed by atoms with Crippen LogP contribution in [0.3, 0.4) is 0 Å². The summed E-state index contributed by atoms with van der Waals surface area (Å²) in [6, 6.07) is 8.82. The molecule has 0 amide bonds. The van der Waals surface area contributed by atoms with Crippen molar-refractivity contribution in [2.75, 3.05) is 23.3 Å². The van der Waals surface area contributed by atoms with Gasteiger partial charge < -0.3 is 10.2 Å². The molecule has 0 saturated heterocycles. The Morgan fingerprint density at radius 1 is 1.30 bits per heavy atom. The molecule has 0 saturated carbocycles. The van der Waals surface area contributed by atoms with Crippen LogP contribution in [0, 0.1) is 0 Å². The molecule has 27 heavy (non-hydrogen) atoms. The molecule has 0 bridgehead atoms. The molecule has 4 rings (SSSR count). The number of hydrogen-bond donors (Lipinski definition) is 2. The first-order chi connectivity index (χ1) is 12.8. The quantitative estimate of drug-likeness (QED) is 0.742. The Labute approximate surface area is 158 Å². The molecular formula is C20H26N6O. The molecule has 1 aromatic carbocycles. The number of hydrogen-bond acceptors (Lipinski definition) is 5. The second-order valence-electron chi connectivity index (χ2n) is 8.18. The molecule has 0 aliphatic carbocycles. The lowest BCUT2D eigenvalue weighted by Crippen LogP contribution is -2.37. The summed E-state index contributed by atoms with van der Waals surface area (Å²) < 4.78 is 1.79. The molecule has 7 nitrogen and oxygen atoms in total. The van der Waals surface area contributed by atoms with E-state index in [9.17, 15) is 4.79 Å². The van der Waals surface area contributed by atoms with Crippen molar-refractivity contribution in [3.05, 3.63) is 46.4 Å². The first-order valence-corrected chi connectivity index (χ1v) is 9.41. The predicted octanol–water partition coefficient (Wildman–Crippen LogP) is 2.74. The third-order valence-corrected chi connectivity index (χ3v) is 5.09. The monoisotopic (exact) mass is 366 g/mol. The van der Waals surface area contributed by atoms with Gasteiger partial charge in [0.1, 0.15) is 5.39 Å². The zero-order valence-electron chi connectivity index (χ0n) is 16.3. The SMILES string of the molecule is CC(CNc1nc2c(cnn2C(C)(C)C)c(=O)[nH]1)N1CCc2ccccc21. The fourth-order valence-corrected chi connectivity index (χ4v) is 3.67. The topological polar surface area (TPSA) is 78.8 Å². The molecule has 142 valence electrons. The molecule has 7 heteroatoms. The highest BCUT2D eigenvalue weighted by molar-refractivity contribution is 5.74. The van der Waals surface area contributed by atoms with Crippen molar-refractivity contribution in [1.82, 2.24) is 19.7 Å². The summed E-state index contributed by atoms with van der Waals surface area (Å²) in [6.45, 7) is 10.0. The van der Waals surface area contributed by atoms with E-state index in [-0.39, 0.29) is 17.1 Å². The average molecular weight is 366 g/mol. The number of nitrogens with one attached hydrogen (secondary N) is 2. The van der Waals surface area contributed by atoms with Gasteiger partial charge in [0.05, 0.1) is 11.7 Å². The number of aromatic amines is 1. The van der Waals surface area contributed by atoms with Crippen LogP contribution in [0.25, 0.3) is 11.0 Å². The molecular weight excluding hydrogens is 340 g/mol. The molecule has 3 aromatic rings. The van der Waals surface area contributed by atoms with Crippen molar-refractivity contribution in [3.8, 4) is 0 Å². The van der Waals surface area contributed by atoms with E-state index in [4.69, 9.17) is 0 Å². The number of para-hydroxylation sites is 1. The number of benzene rings is 1. The summed E-state index contributed by atoms with van der Waals surface area (Å²) in [5, 5.41) is 8.17. The van der Waals surface area contributed by atoms with Crippen LogP contribution < -0.4 is 15.8 Å². The van der Waals surface area contributed by atoms with Crippen LogP contribution in [0.5, 0.6) is 0 Å². The van der Waals surface area contributed by atoms with E-state index >= 15 is 0 Å². The summed E-state index contributed by atoms with van der Waals surface area (Å²) in [4.78, 5) is 22.3. The third-order valence-electron chi connectivity index (χ3n) is 5.09. The van der Waals surface area contributed by atoms with Gasteiger partial charge in [0, 0.05) is 24.8 Å².